The van der Waals surface area contributed by atoms with Crippen LogP contribution in [0.4, 0.5) is 4.79 Å². The molecule has 0 aliphatic heterocycles. The van der Waals surface area contributed by atoms with Crippen molar-refractivity contribution in [3.63, 3.8) is 0 Å². The van der Waals surface area contributed by atoms with Gasteiger partial charge in [0, 0.05) is 0 Å². The fourth-order valence-electron chi connectivity index (χ4n) is 2.23. The molecule has 110 valence electrons. The maximum absolute atomic E-state index is 11.6. The van der Waals surface area contributed by atoms with Gasteiger partial charge in [-0.05, 0) is 18.4 Å². The van der Waals surface area contributed by atoms with Gasteiger partial charge in [0.1, 0.15) is 18.8 Å². The van der Waals surface area contributed by atoms with Crippen molar-refractivity contribution in [1.29, 1.82) is 0 Å². The molecule has 0 spiro atoms. The molecule has 6 nitrogen and oxygen atoms in total. The van der Waals surface area contributed by atoms with Crippen molar-refractivity contribution in [2.24, 2.45) is 0 Å². The lowest BCUT2D eigenvalue weighted by Crippen LogP contribution is -2.55. The van der Waals surface area contributed by atoms with E-state index in [0.29, 0.717) is 12.8 Å². The number of nitrogens with one attached hydrogen (secondary N) is 1. The second-order valence-corrected chi connectivity index (χ2v) is 4.94. The highest BCUT2D eigenvalue weighted by molar-refractivity contribution is 5.67. The number of aliphatic hydroxyl groups is 3. The van der Waals surface area contributed by atoms with Crippen molar-refractivity contribution < 1.29 is 24.9 Å². The molecular weight excluding hydrogens is 262 g/mol. The lowest BCUT2D eigenvalue weighted by molar-refractivity contribution is -0.0972. The Labute approximate surface area is 117 Å². The van der Waals surface area contributed by atoms with E-state index < -0.39 is 30.4 Å². The molecule has 2 rings (SSSR count). The Bertz CT molecular complexity index is 438. The number of ether oxygens (including phenoxy) is 1. The first-order chi connectivity index (χ1) is 9.58. The molecular formula is C14H19NO5. The highest BCUT2D eigenvalue weighted by Crippen LogP contribution is 2.20. The molecule has 1 aromatic carbocycles. The molecule has 0 aromatic heterocycles. The summed E-state index contributed by atoms with van der Waals surface area (Å²) in [6.07, 6.45) is -3.34. The monoisotopic (exact) mass is 281 g/mol. The minimum atomic E-state index is -1.25. The molecule has 4 N–H and O–H groups in total. The van der Waals surface area contributed by atoms with E-state index in [2.05, 4.69) is 5.32 Å². The topological polar surface area (TPSA) is 99.0 Å². The van der Waals surface area contributed by atoms with Crippen molar-refractivity contribution in [2.75, 3.05) is 0 Å². The van der Waals surface area contributed by atoms with Gasteiger partial charge in [-0.2, -0.15) is 0 Å². The van der Waals surface area contributed by atoms with Gasteiger partial charge in [0.05, 0.1) is 12.1 Å². The summed E-state index contributed by atoms with van der Waals surface area (Å²) in [7, 11) is 0. The molecule has 20 heavy (non-hydrogen) atoms. The molecule has 1 aliphatic rings. The summed E-state index contributed by atoms with van der Waals surface area (Å²) in [5, 5.41) is 31.2. The van der Waals surface area contributed by atoms with Gasteiger partial charge in [0.25, 0.3) is 0 Å². The zero-order valence-corrected chi connectivity index (χ0v) is 11.0. The van der Waals surface area contributed by atoms with E-state index in [9.17, 15) is 20.1 Å². The van der Waals surface area contributed by atoms with Crippen LogP contribution < -0.4 is 5.32 Å². The number of carbonyl (C=O) groups excluding carboxylic acids is 1. The van der Waals surface area contributed by atoms with E-state index in [1.54, 1.807) is 0 Å². The van der Waals surface area contributed by atoms with Gasteiger partial charge in [-0.15, -0.1) is 0 Å². The first kappa shape index (κ1) is 14.8. The number of alkyl carbamates (subject to hydrolysis) is 1. The number of carbonyl (C=O) groups is 1. The van der Waals surface area contributed by atoms with Crippen molar-refractivity contribution in [3.8, 4) is 0 Å². The van der Waals surface area contributed by atoms with E-state index in [0.717, 1.165) is 5.56 Å². The van der Waals surface area contributed by atoms with Gasteiger partial charge in [0.2, 0.25) is 0 Å². The summed E-state index contributed by atoms with van der Waals surface area (Å²) >= 11 is 0. The SMILES string of the molecule is O=C(N[C@H]1CC[C@@H](O)[C@@H](O)[C@@H]1O)OCc1ccccc1. The molecule has 1 aliphatic carbocycles. The van der Waals surface area contributed by atoms with Crippen LogP contribution in [0.25, 0.3) is 0 Å². The molecule has 1 saturated carbocycles. The van der Waals surface area contributed by atoms with E-state index >= 15 is 0 Å². The summed E-state index contributed by atoms with van der Waals surface area (Å²) in [6, 6.07) is 8.62. The van der Waals surface area contributed by atoms with Crippen LogP contribution in [-0.4, -0.2) is 45.8 Å². The number of hydrogen-bond donors (Lipinski definition) is 4. The zero-order chi connectivity index (χ0) is 14.5. The molecule has 0 radical (unpaired) electrons. The molecule has 1 amide bonds. The van der Waals surface area contributed by atoms with E-state index in [4.69, 9.17) is 4.74 Å². The minimum Gasteiger partial charge on any atom is -0.445 e. The van der Waals surface area contributed by atoms with Crippen molar-refractivity contribution >= 4 is 6.09 Å². The highest BCUT2D eigenvalue weighted by atomic mass is 16.5. The summed E-state index contributed by atoms with van der Waals surface area (Å²) in [5.41, 5.74) is 0.863. The van der Waals surface area contributed by atoms with Crippen LogP contribution in [0.2, 0.25) is 0 Å². The van der Waals surface area contributed by atoms with Gasteiger partial charge >= 0.3 is 6.09 Å². The number of rotatable bonds is 3. The van der Waals surface area contributed by atoms with Crippen molar-refractivity contribution in [2.45, 2.75) is 43.8 Å². The number of amides is 1. The van der Waals surface area contributed by atoms with Crippen molar-refractivity contribution in [1.82, 2.24) is 5.32 Å². The summed E-state index contributed by atoms with van der Waals surface area (Å²) < 4.78 is 5.04. The van der Waals surface area contributed by atoms with Crippen LogP contribution in [0.3, 0.4) is 0 Å². The average molecular weight is 281 g/mol. The molecule has 4 atom stereocenters. The van der Waals surface area contributed by atoms with Gasteiger partial charge in [0.15, 0.2) is 0 Å². The number of hydrogen-bond acceptors (Lipinski definition) is 5. The summed E-state index contributed by atoms with van der Waals surface area (Å²) in [5.74, 6) is 0. The van der Waals surface area contributed by atoms with Crippen LogP contribution >= 0.6 is 0 Å². The van der Waals surface area contributed by atoms with Crippen LogP contribution in [-0.2, 0) is 11.3 Å². The first-order valence-electron chi connectivity index (χ1n) is 6.59. The van der Waals surface area contributed by atoms with Gasteiger partial charge < -0.3 is 25.4 Å². The molecule has 1 aromatic rings. The first-order valence-corrected chi connectivity index (χ1v) is 6.59. The third-order valence-electron chi connectivity index (χ3n) is 3.45. The third kappa shape index (κ3) is 3.69. The van der Waals surface area contributed by atoms with E-state index in [1.165, 1.54) is 0 Å². The lowest BCUT2D eigenvalue weighted by atomic mass is 9.88. The maximum atomic E-state index is 11.6. The fourth-order valence-corrected chi connectivity index (χ4v) is 2.23. The largest absolute Gasteiger partial charge is 0.445 e. The third-order valence-corrected chi connectivity index (χ3v) is 3.45. The molecule has 0 unspecified atom stereocenters. The Balaban J connectivity index is 1.80. The minimum absolute atomic E-state index is 0.140. The predicted molar refractivity (Wildman–Crippen MR) is 70.8 cm³/mol. The zero-order valence-electron chi connectivity index (χ0n) is 11.0. The van der Waals surface area contributed by atoms with Crippen LogP contribution in [0.5, 0.6) is 0 Å². The average Bonchev–Trinajstić information content (AvgIpc) is 2.47. The Morgan fingerprint density at radius 3 is 2.55 bits per heavy atom. The normalized spacial score (nSPS) is 29.8. The molecule has 0 heterocycles. The van der Waals surface area contributed by atoms with Gasteiger partial charge in [-0.1, -0.05) is 30.3 Å². The summed E-state index contributed by atoms with van der Waals surface area (Å²) in [6.45, 7) is 0.140. The smallest absolute Gasteiger partial charge is 0.407 e. The highest BCUT2D eigenvalue weighted by Gasteiger charge is 2.37. The second-order valence-electron chi connectivity index (χ2n) is 4.94. The van der Waals surface area contributed by atoms with E-state index in [-0.39, 0.29) is 6.61 Å². The second kappa shape index (κ2) is 6.69. The predicted octanol–water partition coefficient (Wildman–Crippen LogP) is 0.158. The molecule has 0 bridgehead atoms. The standard InChI is InChI=1S/C14H19NO5/c16-11-7-6-10(12(17)13(11)18)15-14(19)20-8-9-4-2-1-3-5-9/h1-5,10-13,16-18H,6-8H2,(H,15,19)/t10-,11+,12+,13+/m0/s1. The van der Waals surface area contributed by atoms with Crippen LogP contribution in [0.1, 0.15) is 18.4 Å². The van der Waals surface area contributed by atoms with Crippen molar-refractivity contribution in [3.05, 3.63) is 35.9 Å². The van der Waals surface area contributed by atoms with Crippen LogP contribution in [0.15, 0.2) is 30.3 Å². The Morgan fingerprint density at radius 1 is 1.15 bits per heavy atom. The number of aliphatic hydroxyl groups excluding tert-OH is 3. The lowest BCUT2D eigenvalue weighted by Gasteiger charge is -2.35. The van der Waals surface area contributed by atoms with E-state index in [1.807, 2.05) is 30.3 Å². The number of benzene rings is 1. The quantitative estimate of drug-likeness (QED) is 0.632. The van der Waals surface area contributed by atoms with Gasteiger partial charge in [-0.3, -0.25) is 0 Å². The fraction of sp³-hybridized carbons (Fsp3) is 0.500. The molecule has 6 heteroatoms. The summed E-state index contributed by atoms with van der Waals surface area (Å²) in [4.78, 5) is 11.6. The van der Waals surface area contributed by atoms with Gasteiger partial charge in [-0.25, -0.2) is 4.79 Å². The Morgan fingerprint density at radius 2 is 1.85 bits per heavy atom. The Hall–Kier alpha value is -1.63. The maximum Gasteiger partial charge on any atom is 0.407 e. The molecule has 0 saturated heterocycles. The Kier molecular flexibility index (Phi) is 4.94. The van der Waals surface area contributed by atoms with Crippen LogP contribution in [0, 0.1) is 0 Å². The molecule has 1 fully saturated rings.